The summed E-state index contributed by atoms with van der Waals surface area (Å²) < 4.78 is 60.2. The highest BCUT2D eigenvalue weighted by Crippen LogP contribution is 2.32. The molecule has 9 nitrogen and oxygen atoms in total. The minimum absolute atomic E-state index is 0.0213. The summed E-state index contributed by atoms with van der Waals surface area (Å²) in [6.07, 6.45) is -3.71. The number of nitrogens with one attached hydrogen (secondary N) is 2. The van der Waals surface area contributed by atoms with Crippen molar-refractivity contribution in [2.75, 3.05) is 20.1 Å². The molecular weight excluding hydrogens is 464 g/mol. The van der Waals surface area contributed by atoms with E-state index in [1.54, 1.807) is 4.90 Å². The standard InChI is InChI=1S/C21H26F4N4O5/c1-12(30)33-17-7-15(10-28(11-17)19(31)26-2)29(14-4-5-14)20(32)27-9-13-3-6-16(8-18(13)22)34-21(23,24)25/h3,6,8,14-15,17H,4-5,7,9-11H2,1-2H3,(H,26,31)(H,27,32). The van der Waals surface area contributed by atoms with Crippen LogP contribution in [-0.4, -0.2) is 72.5 Å². The minimum Gasteiger partial charge on any atom is -0.461 e. The number of urea groups is 2. The van der Waals surface area contributed by atoms with E-state index < -0.39 is 42.1 Å². The average molecular weight is 490 g/mol. The van der Waals surface area contributed by atoms with E-state index in [-0.39, 0.29) is 37.3 Å². The number of benzene rings is 1. The lowest BCUT2D eigenvalue weighted by Crippen LogP contribution is -2.59. The van der Waals surface area contributed by atoms with Crippen LogP contribution >= 0.6 is 0 Å². The largest absolute Gasteiger partial charge is 0.573 e. The molecule has 188 valence electrons. The number of rotatable bonds is 6. The first-order valence-corrected chi connectivity index (χ1v) is 10.7. The summed E-state index contributed by atoms with van der Waals surface area (Å²) in [5.41, 5.74) is -0.0213. The van der Waals surface area contributed by atoms with Crippen LogP contribution in [0, 0.1) is 5.82 Å². The molecule has 2 aliphatic rings. The number of piperidine rings is 1. The Labute approximate surface area is 193 Å². The van der Waals surface area contributed by atoms with Gasteiger partial charge in [-0.05, 0) is 18.9 Å². The number of hydrogen-bond donors (Lipinski definition) is 2. The zero-order valence-corrected chi connectivity index (χ0v) is 18.7. The maximum absolute atomic E-state index is 14.2. The molecular formula is C21H26F4N4O5. The Morgan fingerprint density at radius 1 is 1.18 bits per heavy atom. The number of likely N-dealkylation sites (tertiary alicyclic amines) is 1. The fourth-order valence-electron chi connectivity index (χ4n) is 3.99. The normalized spacial score (nSPS) is 20.4. The summed E-state index contributed by atoms with van der Waals surface area (Å²) in [4.78, 5) is 39.7. The molecule has 1 aliphatic carbocycles. The van der Waals surface area contributed by atoms with Gasteiger partial charge in [-0.15, -0.1) is 13.2 Å². The second-order valence-corrected chi connectivity index (χ2v) is 8.18. The molecule has 3 rings (SSSR count). The Kier molecular flexibility index (Phi) is 7.72. The quantitative estimate of drug-likeness (QED) is 0.472. The van der Waals surface area contributed by atoms with Crippen molar-refractivity contribution >= 4 is 18.0 Å². The van der Waals surface area contributed by atoms with Gasteiger partial charge in [0.15, 0.2) is 0 Å². The Morgan fingerprint density at radius 2 is 1.88 bits per heavy atom. The molecule has 1 aliphatic heterocycles. The van der Waals surface area contributed by atoms with Crippen LogP contribution in [-0.2, 0) is 16.1 Å². The van der Waals surface area contributed by atoms with Gasteiger partial charge in [0.25, 0.3) is 0 Å². The fraction of sp³-hybridized carbons (Fsp3) is 0.571. The first-order valence-electron chi connectivity index (χ1n) is 10.7. The number of alkyl halides is 3. The lowest BCUT2D eigenvalue weighted by atomic mass is 10.0. The van der Waals surface area contributed by atoms with E-state index in [0.717, 1.165) is 25.0 Å². The lowest BCUT2D eigenvalue weighted by Gasteiger charge is -2.42. The molecule has 2 N–H and O–H groups in total. The molecule has 34 heavy (non-hydrogen) atoms. The highest BCUT2D eigenvalue weighted by atomic mass is 19.4. The summed E-state index contributed by atoms with van der Waals surface area (Å²) in [7, 11) is 1.47. The van der Waals surface area contributed by atoms with Gasteiger partial charge in [0.2, 0.25) is 0 Å². The molecule has 0 radical (unpaired) electrons. The Morgan fingerprint density at radius 3 is 2.44 bits per heavy atom. The maximum atomic E-state index is 14.2. The molecule has 2 unspecified atom stereocenters. The van der Waals surface area contributed by atoms with Crippen LogP contribution in [0.5, 0.6) is 5.75 Å². The van der Waals surface area contributed by atoms with Crippen LogP contribution in [0.2, 0.25) is 0 Å². The number of nitrogens with zero attached hydrogens (tertiary/aromatic N) is 2. The van der Waals surface area contributed by atoms with Crippen molar-refractivity contribution in [2.24, 2.45) is 0 Å². The van der Waals surface area contributed by atoms with Crippen molar-refractivity contribution in [2.45, 2.75) is 57.3 Å². The zero-order valence-electron chi connectivity index (χ0n) is 18.7. The molecule has 0 bridgehead atoms. The second-order valence-electron chi connectivity index (χ2n) is 8.18. The summed E-state index contributed by atoms with van der Waals surface area (Å²) in [5.74, 6) is -2.16. The maximum Gasteiger partial charge on any atom is 0.573 e. The average Bonchev–Trinajstić information content (AvgIpc) is 3.56. The van der Waals surface area contributed by atoms with Gasteiger partial charge in [-0.3, -0.25) is 4.79 Å². The predicted molar refractivity (Wildman–Crippen MR) is 110 cm³/mol. The van der Waals surface area contributed by atoms with E-state index in [4.69, 9.17) is 4.74 Å². The lowest BCUT2D eigenvalue weighted by molar-refractivity contribution is -0.274. The van der Waals surface area contributed by atoms with Gasteiger partial charge in [0, 0.05) is 51.2 Å². The molecule has 1 saturated carbocycles. The van der Waals surface area contributed by atoms with Crippen LogP contribution in [0.1, 0.15) is 31.7 Å². The van der Waals surface area contributed by atoms with Crippen molar-refractivity contribution < 1.29 is 41.4 Å². The first-order chi connectivity index (χ1) is 16.0. The van der Waals surface area contributed by atoms with E-state index in [0.29, 0.717) is 12.5 Å². The van der Waals surface area contributed by atoms with Crippen LogP contribution in [0.4, 0.5) is 27.2 Å². The second kappa shape index (κ2) is 10.3. The molecule has 1 saturated heterocycles. The van der Waals surface area contributed by atoms with Gasteiger partial charge in [0.1, 0.15) is 17.7 Å². The number of halogens is 4. The zero-order chi connectivity index (χ0) is 25.0. The van der Waals surface area contributed by atoms with E-state index in [1.165, 1.54) is 18.9 Å². The molecule has 0 aromatic heterocycles. The van der Waals surface area contributed by atoms with Gasteiger partial charge in [0.05, 0.1) is 12.6 Å². The number of esters is 1. The summed E-state index contributed by atoms with van der Waals surface area (Å²) >= 11 is 0. The van der Waals surface area contributed by atoms with Crippen molar-refractivity contribution in [1.82, 2.24) is 20.4 Å². The van der Waals surface area contributed by atoms with Crippen molar-refractivity contribution in [3.63, 3.8) is 0 Å². The third-order valence-electron chi connectivity index (χ3n) is 5.48. The fourth-order valence-corrected chi connectivity index (χ4v) is 3.99. The Bertz CT molecular complexity index is 925. The van der Waals surface area contributed by atoms with Crippen molar-refractivity contribution in [3.05, 3.63) is 29.6 Å². The summed E-state index contributed by atoms with van der Waals surface area (Å²) in [6.45, 7) is 1.41. The number of amides is 4. The van der Waals surface area contributed by atoms with Gasteiger partial charge >= 0.3 is 24.4 Å². The monoisotopic (exact) mass is 490 g/mol. The number of hydrogen-bond acceptors (Lipinski definition) is 5. The highest BCUT2D eigenvalue weighted by Gasteiger charge is 2.42. The van der Waals surface area contributed by atoms with Crippen molar-refractivity contribution in [3.8, 4) is 5.75 Å². The third-order valence-corrected chi connectivity index (χ3v) is 5.48. The molecule has 2 fully saturated rings. The molecule has 1 aromatic rings. The number of carbonyl (C=O) groups excluding carboxylic acids is 3. The van der Waals surface area contributed by atoms with Gasteiger partial charge < -0.3 is 29.9 Å². The first kappa shape index (κ1) is 25.4. The topological polar surface area (TPSA) is 100 Å². The van der Waals surface area contributed by atoms with E-state index in [2.05, 4.69) is 15.4 Å². The van der Waals surface area contributed by atoms with E-state index in [1.807, 2.05) is 0 Å². The molecule has 4 amide bonds. The molecule has 1 aromatic carbocycles. The van der Waals surface area contributed by atoms with Gasteiger partial charge in [-0.25, -0.2) is 14.0 Å². The third kappa shape index (κ3) is 6.87. The van der Waals surface area contributed by atoms with E-state index >= 15 is 0 Å². The van der Waals surface area contributed by atoms with E-state index in [9.17, 15) is 31.9 Å². The number of ether oxygens (including phenoxy) is 2. The van der Waals surface area contributed by atoms with Crippen molar-refractivity contribution in [1.29, 1.82) is 0 Å². The summed E-state index contributed by atoms with van der Waals surface area (Å²) in [6, 6.07) is 1.24. The highest BCUT2D eigenvalue weighted by molar-refractivity contribution is 5.76. The minimum atomic E-state index is -4.94. The Hall–Kier alpha value is -3.25. The van der Waals surface area contributed by atoms with Crippen LogP contribution < -0.4 is 15.4 Å². The predicted octanol–water partition coefficient (Wildman–Crippen LogP) is 2.74. The SMILES string of the molecule is CNC(=O)N1CC(OC(C)=O)CC(N(C(=O)NCc2ccc(OC(F)(F)F)cc2F)C2CC2)C1. The van der Waals surface area contributed by atoms with Crippen LogP contribution in [0.3, 0.4) is 0 Å². The Balaban J connectivity index is 1.69. The van der Waals surface area contributed by atoms with Crippen LogP contribution in [0.15, 0.2) is 18.2 Å². The van der Waals surface area contributed by atoms with Gasteiger partial charge in [-0.2, -0.15) is 0 Å². The summed E-state index contributed by atoms with van der Waals surface area (Å²) in [5, 5.41) is 5.12. The van der Waals surface area contributed by atoms with Crippen LogP contribution in [0.25, 0.3) is 0 Å². The van der Waals surface area contributed by atoms with Gasteiger partial charge in [-0.1, -0.05) is 6.07 Å². The molecule has 2 atom stereocenters. The molecule has 13 heteroatoms. The molecule has 0 spiro atoms. The smallest absolute Gasteiger partial charge is 0.461 e. The number of carbonyl (C=O) groups is 3. The molecule has 1 heterocycles.